The van der Waals surface area contributed by atoms with Crippen molar-refractivity contribution >= 4 is 40.6 Å². The van der Waals surface area contributed by atoms with E-state index in [1.54, 1.807) is 7.11 Å². The lowest BCUT2D eigenvalue weighted by molar-refractivity contribution is 0.196. The van der Waals surface area contributed by atoms with Crippen molar-refractivity contribution < 1.29 is 4.74 Å². The average Bonchev–Trinajstić information content (AvgIpc) is 2.87. The molecule has 0 spiro atoms. The van der Waals surface area contributed by atoms with Crippen LogP contribution in [-0.4, -0.2) is 74.1 Å². The smallest absolute Gasteiger partial charge is 0.232 e. The Bertz CT molecular complexity index is 921. The molecule has 9 heteroatoms. The van der Waals surface area contributed by atoms with Gasteiger partial charge in [0.25, 0.3) is 0 Å². The van der Waals surface area contributed by atoms with Gasteiger partial charge >= 0.3 is 0 Å². The van der Waals surface area contributed by atoms with Crippen LogP contribution in [0.15, 0.2) is 36.4 Å². The van der Waals surface area contributed by atoms with Gasteiger partial charge in [-0.2, -0.15) is 9.97 Å². The van der Waals surface area contributed by atoms with E-state index in [0.717, 1.165) is 57.3 Å². The Morgan fingerprint density at radius 1 is 1.03 bits per heavy atom. The summed E-state index contributed by atoms with van der Waals surface area (Å²) in [5.41, 5.74) is 1.28. The quantitative estimate of drug-likeness (QED) is 0.434. The number of anilines is 4. The molecule has 2 saturated heterocycles. The van der Waals surface area contributed by atoms with Crippen molar-refractivity contribution in [2.24, 2.45) is 0 Å². The second-order valence-electron chi connectivity index (χ2n) is 8.98. The molecule has 0 radical (unpaired) electrons. The Balaban J connectivity index is 1.48. The number of thiocarbonyl (C=S) groups is 1. The lowest BCUT2D eigenvalue weighted by atomic mass is 10.0. The first-order valence-corrected chi connectivity index (χ1v) is 12.8. The second-order valence-corrected chi connectivity index (χ2v) is 9.39. The standard InChI is InChI=1S/C25H37N7OS/c1-20-9-6-7-13-32(20)23-19-22(27-24(28-23)29-25(34)26-12-8-18-33-2)31-16-14-30(15-17-31)21-10-4-3-5-11-21/h3-5,10-11,19-20H,6-9,12-18H2,1-2H3,(H2,26,27,28,29,34)/t20-/m0/s1. The summed E-state index contributed by atoms with van der Waals surface area (Å²) in [5, 5.41) is 6.99. The van der Waals surface area contributed by atoms with Crippen molar-refractivity contribution in [3.63, 3.8) is 0 Å². The van der Waals surface area contributed by atoms with Crippen LogP contribution in [0.1, 0.15) is 32.6 Å². The fourth-order valence-electron chi connectivity index (χ4n) is 4.62. The van der Waals surface area contributed by atoms with Gasteiger partial charge in [0, 0.05) is 70.8 Å². The Kier molecular flexibility index (Phi) is 8.76. The average molecular weight is 484 g/mol. The first kappa shape index (κ1) is 24.5. The number of aromatic nitrogens is 2. The number of nitrogens with zero attached hydrogens (tertiary/aromatic N) is 5. The molecule has 0 saturated carbocycles. The molecule has 0 unspecified atom stereocenters. The Morgan fingerprint density at radius 3 is 2.50 bits per heavy atom. The highest BCUT2D eigenvalue weighted by molar-refractivity contribution is 7.80. The third kappa shape index (κ3) is 6.48. The van der Waals surface area contributed by atoms with Crippen molar-refractivity contribution in [1.29, 1.82) is 0 Å². The van der Waals surface area contributed by atoms with Gasteiger partial charge in [0.1, 0.15) is 11.6 Å². The predicted octanol–water partition coefficient (Wildman–Crippen LogP) is 3.50. The normalized spacial score (nSPS) is 18.6. The summed E-state index contributed by atoms with van der Waals surface area (Å²) in [6, 6.07) is 13.2. The summed E-state index contributed by atoms with van der Waals surface area (Å²) < 4.78 is 5.11. The first-order chi connectivity index (χ1) is 16.6. The van der Waals surface area contributed by atoms with Crippen LogP contribution >= 0.6 is 12.2 Å². The summed E-state index contributed by atoms with van der Waals surface area (Å²) in [6.45, 7) is 8.52. The van der Waals surface area contributed by atoms with Crippen molar-refractivity contribution in [2.75, 3.05) is 73.0 Å². The lowest BCUT2D eigenvalue weighted by Gasteiger charge is -2.38. The van der Waals surface area contributed by atoms with Gasteiger partial charge in [0.05, 0.1) is 0 Å². The van der Waals surface area contributed by atoms with E-state index in [1.165, 1.54) is 24.9 Å². The minimum Gasteiger partial charge on any atom is -0.385 e. The molecule has 4 rings (SSSR count). The number of rotatable bonds is 8. The third-order valence-corrected chi connectivity index (χ3v) is 6.80. The minimum absolute atomic E-state index is 0.471. The Morgan fingerprint density at radius 2 is 1.76 bits per heavy atom. The van der Waals surface area contributed by atoms with Crippen LogP contribution in [0, 0.1) is 0 Å². The van der Waals surface area contributed by atoms with Crippen LogP contribution in [0.25, 0.3) is 0 Å². The zero-order chi connectivity index (χ0) is 23.8. The van der Waals surface area contributed by atoms with E-state index < -0.39 is 0 Å². The highest BCUT2D eigenvalue weighted by Crippen LogP contribution is 2.28. The maximum absolute atomic E-state index is 5.50. The number of piperazine rings is 1. The molecule has 2 N–H and O–H groups in total. The van der Waals surface area contributed by atoms with E-state index in [2.05, 4.69) is 68.7 Å². The largest absolute Gasteiger partial charge is 0.385 e. The number of methoxy groups -OCH3 is 1. The molecule has 2 aliphatic heterocycles. The zero-order valence-corrected chi connectivity index (χ0v) is 21.2. The Hall–Kier alpha value is -2.65. The molecule has 0 bridgehead atoms. The predicted molar refractivity (Wildman–Crippen MR) is 144 cm³/mol. The molecule has 34 heavy (non-hydrogen) atoms. The van der Waals surface area contributed by atoms with Gasteiger partial charge in [-0.1, -0.05) is 18.2 Å². The van der Waals surface area contributed by atoms with Gasteiger partial charge in [-0.15, -0.1) is 0 Å². The maximum atomic E-state index is 5.50. The SMILES string of the molecule is COCCCNC(=S)Nc1nc(N2CCN(c3ccccc3)CC2)cc(N2CCCC[C@@H]2C)n1. The first-order valence-electron chi connectivity index (χ1n) is 12.4. The van der Waals surface area contributed by atoms with Gasteiger partial charge in [0.2, 0.25) is 5.95 Å². The van der Waals surface area contributed by atoms with Gasteiger partial charge in [-0.05, 0) is 57.0 Å². The van der Waals surface area contributed by atoms with Crippen LogP contribution in [0.4, 0.5) is 23.3 Å². The van der Waals surface area contributed by atoms with Crippen LogP contribution in [0.2, 0.25) is 0 Å². The third-order valence-electron chi connectivity index (χ3n) is 6.56. The molecular formula is C25H37N7OS. The van der Waals surface area contributed by atoms with Gasteiger partial charge in [0.15, 0.2) is 5.11 Å². The maximum Gasteiger partial charge on any atom is 0.232 e. The zero-order valence-electron chi connectivity index (χ0n) is 20.4. The molecule has 3 heterocycles. The van der Waals surface area contributed by atoms with Crippen LogP contribution in [0.5, 0.6) is 0 Å². The van der Waals surface area contributed by atoms with Crippen molar-refractivity contribution in [3.8, 4) is 0 Å². The highest BCUT2D eigenvalue weighted by atomic mass is 32.1. The fourth-order valence-corrected chi connectivity index (χ4v) is 4.82. The van der Waals surface area contributed by atoms with Crippen LogP contribution < -0.4 is 25.3 Å². The van der Waals surface area contributed by atoms with Crippen LogP contribution in [-0.2, 0) is 4.74 Å². The van der Waals surface area contributed by atoms with Crippen molar-refractivity contribution in [2.45, 2.75) is 38.6 Å². The minimum atomic E-state index is 0.471. The topological polar surface area (TPSA) is 68.8 Å². The molecular weight excluding hydrogens is 446 g/mol. The lowest BCUT2D eigenvalue weighted by Crippen LogP contribution is -2.47. The Labute approximate surface area is 208 Å². The summed E-state index contributed by atoms with van der Waals surface area (Å²) >= 11 is 5.50. The number of hydrogen-bond donors (Lipinski definition) is 2. The van der Waals surface area contributed by atoms with Gasteiger partial charge in [-0.25, -0.2) is 0 Å². The van der Waals surface area contributed by atoms with E-state index in [1.807, 2.05) is 0 Å². The van der Waals surface area contributed by atoms with Gasteiger partial charge < -0.3 is 30.1 Å². The van der Waals surface area contributed by atoms with Crippen molar-refractivity contribution in [1.82, 2.24) is 15.3 Å². The number of benzene rings is 1. The van der Waals surface area contributed by atoms with E-state index in [-0.39, 0.29) is 0 Å². The number of para-hydroxylation sites is 1. The molecule has 2 fully saturated rings. The number of hydrogen-bond acceptors (Lipinski definition) is 7. The molecule has 2 aromatic rings. The van der Waals surface area contributed by atoms with E-state index in [0.29, 0.717) is 23.7 Å². The number of ether oxygens (including phenoxy) is 1. The van der Waals surface area contributed by atoms with E-state index in [9.17, 15) is 0 Å². The molecule has 1 aromatic carbocycles. The number of piperidine rings is 1. The fraction of sp³-hybridized carbons (Fsp3) is 0.560. The molecule has 2 aliphatic rings. The van der Waals surface area contributed by atoms with Crippen molar-refractivity contribution in [3.05, 3.63) is 36.4 Å². The molecule has 1 atom stereocenters. The summed E-state index contributed by atoms with van der Waals surface area (Å²) in [4.78, 5) is 16.9. The van der Waals surface area contributed by atoms with E-state index in [4.69, 9.17) is 26.9 Å². The monoisotopic (exact) mass is 483 g/mol. The second kappa shape index (κ2) is 12.2. The molecule has 8 nitrogen and oxygen atoms in total. The highest BCUT2D eigenvalue weighted by Gasteiger charge is 2.24. The summed E-state index contributed by atoms with van der Waals surface area (Å²) in [7, 11) is 1.71. The van der Waals surface area contributed by atoms with Gasteiger partial charge in [-0.3, -0.25) is 0 Å². The molecule has 0 aliphatic carbocycles. The summed E-state index contributed by atoms with van der Waals surface area (Å²) in [6.07, 6.45) is 4.55. The van der Waals surface area contributed by atoms with E-state index >= 15 is 0 Å². The summed E-state index contributed by atoms with van der Waals surface area (Å²) in [5.74, 6) is 2.49. The number of nitrogens with one attached hydrogen (secondary N) is 2. The molecule has 184 valence electrons. The van der Waals surface area contributed by atoms with Crippen LogP contribution in [0.3, 0.4) is 0 Å². The molecule has 1 aromatic heterocycles. The molecule has 0 amide bonds.